The van der Waals surface area contributed by atoms with Gasteiger partial charge in [0.1, 0.15) is 0 Å². The van der Waals surface area contributed by atoms with Gasteiger partial charge in [-0.05, 0) is 64.2 Å². The molecule has 3 N–H and O–H groups in total. The zero-order chi connectivity index (χ0) is 14.6. The molecular weight excluding hydrogens is 252 g/mol. The fraction of sp³-hybridized carbons (Fsp3) is 0.938. The van der Waals surface area contributed by atoms with Crippen LogP contribution in [0.15, 0.2) is 0 Å². The molecule has 4 nitrogen and oxygen atoms in total. The largest absolute Gasteiger partial charge is 0.390 e. The lowest BCUT2D eigenvalue weighted by molar-refractivity contribution is -0.131. The van der Waals surface area contributed by atoms with Gasteiger partial charge >= 0.3 is 0 Å². The van der Waals surface area contributed by atoms with Gasteiger partial charge in [0, 0.05) is 25.6 Å². The number of hydrogen-bond donors (Lipinski definition) is 2. The molecule has 4 heteroatoms. The molecule has 1 heterocycles. The van der Waals surface area contributed by atoms with Crippen molar-refractivity contribution in [3.05, 3.63) is 0 Å². The summed E-state index contributed by atoms with van der Waals surface area (Å²) in [6.07, 6.45) is 8.70. The minimum Gasteiger partial charge on any atom is -0.390 e. The standard InChI is InChI=1S/C16H30N2O2/c1-16(20)9-2-11-18(12-10-16)15(19)8-5-13-3-6-14(17)7-4-13/h13-14,20H,2-12,17H2,1H3. The molecule has 0 aromatic carbocycles. The average molecular weight is 282 g/mol. The van der Waals surface area contributed by atoms with Crippen molar-refractivity contribution in [2.24, 2.45) is 11.7 Å². The van der Waals surface area contributed by atoms with Crippen LogP contribution in [0, 0.1) is 5.92 Å². The molecule has 0 aromatic rings. The van der Waals surface area contributed by atoms with Gasteiger partial charge in [0.05, 0.1) is 5.60 Å². The third kappa shape index (κ3) is 4.74. The number of likely N-dealkylation sites (tertiary alicyclic amines) is 1. The monoisotopic (exact) mass is 282 g/mol. The van der Waals surface area contributed by atoms with E-state index in [0.29, 0.717) is 31.3 Å². The van der Waals surface area contributed by atoms with E-state index >= 15 is 0 Å². The maximum absolute atomic E-state index is 12.3. The molecule has 2 aliphatic rings. The van der Waals surface area contributed by atoms with E-state index in [1.54, 1.807) is 0 Å². The third-order valence-electron chi connectivity index (χ3n) is 5.07. The summed E-state index contributed by atoms with van der Waals surface area (Å²) in [6, 6.07) is 0.384. The topological polar surface area (TPSA) is 66.6 Å². The van der Waals surface area contributed by atoms with Crippen LogP contribution in [0.1, 0.15) is 64.7 Å². The van der Waals surface area contributed by atoms with E-state index in [2.05, 4.69) is 0 Å². The van der Waals surface area contributed by atoms with E-state index in [4.69, 9.17) is 5.73 Å². The van der Waals surface area contributed by atoms with Crippen LogP contribution in [-0.4, -0.2) is 40.6 Å². The van der Waals surface area contributed by atoms with Gasteiger partial charge in [0.15, 0.2) is 0 Å². The van der Waals surface area contributed by atoms with Crippen molar-refractivity contribution in [3.8, 4) is 0 Å². The smallest absolute Gasteiger partial charge is 0.222 e. The predicted octanol–water partition coefficient (Wildman–Crippen LogP) is 2.05. The van der Waals surface area contributed by atoms with Gasteiger partial charge in [-0.1, -0.05) is 0 Å². The first kappa shape index (κ1) is 15.8. The van der Waals surface area contributed by atoms with Gasteiger partial charge in [0.2, 0.25) is 5.91 Å². The molecule has 1 saturated carbocycles. The highest BCUT2D eigenvalue weighted by atomic mass is 16.3. The molecule has 0 spiro atoms. The number of amides is 1. The molecule has 2 rings (SSSR count). The van der Waals surface area contributed by atoms with Crippen molar-refractivity contribution in [2.45, 2.75) is 76.4 Å². The maximum Gasteiger partial charge on any atom is 0.222 e. The van der Waals surface area contributed by atoms with E-state index in [9.17, 15) is 9.90 Å². The molecule has 20 heavy (non-hydrogen) atoms. The van der Waals surface area contributed by atoms with Crippen molar-refractivity contribution in [2.75, 3.05) is 13.1 Å². The second-order valence-corrected chi connectivity index (χ2v) is 7.05. The summed E-state index contributed by atoms with van der Waals surface area (Å²) >= 11 is 0. The Morgan fingerprint density at radius 2 is 1.95 bits per heavy atom. The fourth-order valence-corrected chi connectivity index (χ4v) is 3.48. The average Bonchev–Trinajstić information content (AvgIpc) is 2.59. The third-order valence-corrected chi connectivity index (χ3v) is 5.07. The van der Waals surface area contributed by atoms with Crippen LogP contribution >= 0.6 is 0 Å². The molecule has 1 unspecified atom stereocenters. The summed E-state index contributed by atoms with van der Waals surface area (Å²) in [4.78, 5) is 14.2. The molecule has 116 valence electrons. The summed E-state index contributed by atoms with van der Waals surface area (Å²) in [5.74, 6) is 0.964. The summed E-state index contributed by atoms with van der Waals surface area (Å²) in [6.45, 7) is 3.40. The van der Waals surface area contributed by atoms with Crippen molar-refractivity contribution < 1.29 is 9.90 Å². The van der Waals surface area contributed by atoms with Crippen LogP contribution in [0.25, 0.3) is 0 Å². The number of aliphatic hydroxyl groups is 1. The number of carbonyl (C=O) groups excluding carboxylic acids is 1. The van der Waals surface area contributed by atoms with Gasteiger partial charge in [-0.25, -0.2) is 0 Å². The number of rotatable bonds is 3. The van der Waals surface area contributed by atoms with E-state index in [-0.39, 0.29) is 5.91 Å². The Morgan fingerprint density at radius 1 is 1.25 bits per heavy atom. The Morgan fingerprint density at radius 3 is 2.65 bits per heavy atom. The lowest BCUT2D eigenvalue weighted by atomic mass is 9.84. The van der Waals surface area contributed by atoms with E-state index in [1.165, 1.54) is 12.8 Å². The predicted molar refractivity (Wildman–Crippen MR) is 80.2 cm³/mol. The van der Waals surface area contributed by atoms with Crippen molar-refractivity contribution in [1.82, 2.24) is 4.90 Å². The molecule has 1 aliphatic heterocycles. The van der Waals surface area contributed by atoms with Crippen LogP contribution in [0.3, 0.4) is 0 Å². The second-order valence-electron chi connectivity index (χ2n) is 7.05. The molecule has 1 amide bonds. The Balaban J connectivity index is 1.72. The zero-order valence-corrected chi connectivity index (χ0v) is 12.8. The number of nitrogens with zero attached hydrogens (tertiary/aromatic N) is 1. The lowest BCUT2D eigenvalue weighted by Crippen LogP contribution is -2.34. The molecule has 1 atom stereocenters. The highest BCUT2D eigenvalue weighted by molar-refractivity contribution is 5.76. The van der Waals surface area contributed by atoms with E-state index in [0.717, 1.165) is 38.6 Å². The summed E-state index contributed by atoms with van der Waals surface area (Å²) in [5.41, 5.74) is 5.32. The first-order chi connectivity index (χ1) is 9.46. The van der Waals surface area contributed by atoms with Gasteiger partial charge in [-0.3, -0.25) is 4.79 Å². The SMILES string of the molecule is CC1(O)CCCN(C(=O)CCC2CCC(N)CC2)CC1. The molecule has 0 radical (unpaired) electrons. The molecule has 1 aliphatic carbocycles. The Hall–Kier alpha value is -0.610. The summed E-state index contributed by atoms with van der Waals surface area (Å²) in [5, 5.41) is 10.1. The summed E-state index contributed by atoms with van der Waals surface area (Å²) in [7, 11) is 0. The Kier molecular flexibility index (Phi) is 5.44. The van der Waals surface area contributed by atoms with E-state index in [1.807, 2.05) is 11.8 Å². The Bertz CT molecular complexity index is 322. The van der Waals surface area contributed by atoms with Crippen LogP contribution < -0.4 is 5.73 Å². The minimum atomic E-state index is -0.589. The van der Waals surface area contributed by atoms with Crippen LogP contribution in [0.5, 0.6) is 0 Å². The van der Waals surface area contributed by atoms with E-state index < -0.39 is 5.60 Å². The zero-order valence-electron chi connectivity index (χ0n) is 12.8. The fourth-order valence-electron chi connectivity index (χ4n) is 3.48. The molecule has 2 fully saturated rings. The maximum atomic E-state index is 12.3. The van der Waals surface area contributed by atoms with Crippen LogP contribution in [-0.2, 0) is 4.79 Å². The highest BCUT2D eigenvalue weighted by Gasteiger charge is 2.27. The minimum absolute atomic E-state index is 0.276. The normalized spacial score (nSPS) is 35.6. The van der Waals surface area contributed by atoms with Gasteiger partial charge in [-0.15, -0.1) is 0 Å². The highest BCUT2D eigenvalue weighted by Crippen LogP contribution is 2.28. The molecular formula is C16H30N2O2. The van der Waals surface area contributed by atoms with Gasteiger partial charge in [-0.2, -0.15) is 0 Å². The quantitative estimate of drug-likeness (QED) is 0.832. The first-order valence-corrected chi connectivity index (χ1v) is 8.22. The molecule has 1 saturated heterocycles. The van der Waals surface area contributed by atoms with Gasteiger partial charge in [0.25, 0.3) is 0 Å². The van der Waals surface area contributed by atoms with Crippen molar-refractivity contribution >= 4 is 5.91 Å². The number of carbonyl (C=O) groups is 1. The molecule has 0 aromatic heterocycles. The molecule has 0 bridgehead atoms. The van der Waals surface area contributed by atoms with Crippen molar-refractivity contribution in [1.29, 1.82) is 0 Å². The lowest BCUT2D eigenvalue weighted by Gasteiger charge is -2.27. The summed E-state index contributed by atoms with van der Waals surface area (Å²) < 4.78 is 0. The van der Waals surface area contributed by atoms with Crippen molar-refractivity contribution in [3.63, 3.8) is 0 Å². The van der Waals surface area contributed by atoms with Crippen LogP contribution in [0.2, 0.25) is 0 Å². The Labute approximate surface area is 122 Å². The van der Waals surface area contributed by atoms with Gasteiger partial charge < -0.3 is 15.7 Å². The number of nitrogens with two attached hydrogens (primary N) is 1. The van der Waals surface area contributed by atoms with Crippen LogP contribution in [0.4, 0.5) is 0 Å². The first-order valence-electron chi connectivity index (χ1n) is 8.22. The second kappa shape index (κ2) is 6.90. The number of hydrogen-bond acceptors (Lipinski definition) is 3.